The molecule has 156 valence electrons. The maximum Gasteiger partial charge on any atom is 0.239 e. The molecular weight excluding hydrogens is 356 g/mol. The molecule has 2 aliphatic heterocycles. The maximum absolute atomic E-state index is 12.7. The second kappa shape index (κ2) is 9.41. The van der Waals surface area contributed by atoms with E-state index in [2.05, 4.69) is 27.2 Å². The minimum absolute atomic E-state index is 0.0397. The van der Waals surface area contributed by atoms with Crippen molar-refractivity contribution in [1.82, 2.24) is 25.2 Å². The average Bonchev–Trinajstić information content (AvgIpc) is 3.35. The molecule has 0 radical (unpaired) electrons. The van der Waals surface area contributed by atoms with E-state index in [1.54, 1.807) is 0 Å². The van der Waals surface area contributed by atoms with Crippen LogP contribution in [-0.2, 0) is 11.3 Å². The number of aliphatic imine (C=N–C) groups is 1. The second-order valence-corrected chi connectivity index (χ2v) is 7.70. The Kier molecular flexibility index (Phi) is 6.93. The number of carbonyl (C=O) groups excluding carboxylic acids is 1. The summed E-state index contributed by atoms with van der Waals surface area (Å²) in [6.45, 7) is 14.7. The van der Waals surface area contributed by atoms with E-state index in [9.17, 15) is 4.79 Å². The Labute approximate surface area is 167 Å². The average molecular weight is 391 g/mol. The fourth-order valence-corrected chi connectivity index (χ4v) is 3.99. The largest absolute Gasteiger partial charge is 0.361 e. The summed E-state index contributed by atoms with van der Waals surface area (Å²) in [6, 6.07) is -0.0397. The van der Waals surface area contributed by atoms with Crippen molar-refractivity contribution >= 4 is 11.9 Å². The van der Waals surface area contributed by atoms with Gasteiger partial charge in [-0.15, -0.1) is 0 Å². The topological polar surface area (TPSA) is 77.2 Å². The van der Waals surface area contributed by atoms with Crippen LogP contribution >= 0.6 is 0 Å². The van der Waals surface area contributed by atoms with Gasteiger partial charge in [0.2, 0.25) is 5.91 Å². The van der Waals surface area contributed by atoms with Crippen LogP contribution in [-0.4, -0.2) is 83.6 Å². The number of piperazine rings is 1. The normalized spacial score (nSPS) is 19.9. The molecule has 0 saturated carbocycles. The van der Waals surface area contributed by atoms with Gasteiger partial charge in [0.25, 0.3) is 0 Å². The molecule has 0 aromatic carbocycles. The third-order valence-electron chi connectivity index (χ3n) is 5.84. The molecule has 3 heterocycles. The third-order valence-corrected chi connectivity index (χ3v) is 5.84. The molecule has 2 fully saturated rings. The highest BCUT2D eigenvalue weighted by molar-refractivity contribution is 5.82. The number of aryl methyl sites for hydroxylation is 2. The zero-order valence-corrected chi connectivity index (χ0v) is 17.7. The molecule has 1 unspecified atom stereocenters. The highest BCUT2D eigenvalue weighted by Crippen LogP contribution is 2.15. The molecule has 28 heavy (non-hydrogen) atoms. The van der Waals surface area contributed by atoms with Crippen molar-refractivity contribution in [1.29, 1.82) is 0 Å². The van der Waals surface area contributed by atoms with Gasteiger partial charge in [0.15, 0.2) is 5.96 Å². The summed E-state index contributed by atoms with van der Waals surface area (Å²) in [6.07, 6.45) is 2.28. The van der Waals surface area contributed by atoms with Crippen LogP contribution in [0.5, 0.6) is 0 Å². The fraction of sp³-hybridized carbons (Fsp3) is 0.750. The fourth-order valence-electron chi connectivity index (χ4n) is 3.99. The van der Waals surface area contributed by atoms with Gasteiger partial charge in [-0.1, -0.05) is 5.16 Å². The number of guanidine groups is 1. The van der Waals surface area contributed by atoms with E-state index < -0.39 is 0 Å². The van der Waals surface area contributed by atoms with Gasteiger partial charge >= 0.3 is 0 Å². The van der Waals surface area contributed by atoms with Crippen molar-refractivity contribution in [2.24, 2.45) is 4.99 Å². The predicted molar refractivity (Wildman–Crippen MR) is 109 cm³/mol. The summed E-state index contributed by atoms with van der Waals surface area (Å²) in [5.41, 5.74) is 1.95. The van der Waals surface area contributed by atoms with E-state index in [0.29, 0.717) is 6.54 Å². The van der Waals surface area contributed by atoms with Crippen LogP contribution in [0.2, 0.25) is 0 Å². The zero-order valence-electron chi connectivity index (χ0n) is 17.7. The Morgan fingerprint density at radius 2 is 1.82 bits per heavy atom. The van der Waals surface area contributed by atoms with Gasteiger partial charge in [-0.2, -0.15) is 0 Å². The van der Waals surface area contributed by atoms with Crippen molar-refractivity contribution in [3.63, 3.8) is 0 Å². The van der Waals surface area contributed by atoms with Gasteiger partial charge in [0.05, 0.1) is 18.3 Å². The maximum atomic E-state index is 12.7. The number of carbonyl (C=O) groups is 1. The number of likely N-dealkylation sites (tertiary alicyclic amines) is 1. The molecule has 8 nitrogen and oxygen atoms in total. The third kappa shape index (κ3) is 4.66. The van der Waals surface area contributed by atoms with Gasteiger partial charge in [0, 0.05) is 51.4 Å². The quantitative estimate of drug-likeness (QED) is 0.605. The number of nitrogens with one attached hydrogen (secondary N) is 1. The van der Waals surface area contributed by atoms with Gasteiger partial charge < -0.3 is 19.6 Å². The van der Waals surface area contributed by atoms with Crippen LogP contribution in [0.1, 0.15) is 43.7 Å². The Morgan fingerprint density at radius 1 is 1.14 bits per heavy atom. The standard InChI is InChI=1S/C20H34N6O2/c1-5-21-20(22-14-18-15(2)23-28-17(18)4)26-12-10-24(11-13-26)16(3)19(27)25-8-6-7-9-25/h16H,5-14H2,1-4H3,(H,21,22). The van der Waals surface area contributed by atoms with Crippen molar-refractivity contribution in [2.75, 3.05) is 45.8 Å². The Balaban J connectivity index is 1.57. The second-order valence-electron chi connectivity index (χ2n) is 7.70. The smallest absolute Gasteiger partial charge is 0.239 e. The van der Waals surface area contributed by atoms with Crippen molar-refractivity contribution in [3.8, 4) is 0 Å². The predicted octanol–water partition coefficient (Wildman–Crippen LogP) is 1.39. The lowest BCUT2D eigenvalue weighted by atomic mass is 10.2. The minimum atomic E-state index is -0.0397. The highest BCUT2D eigenvalue weighted by Gasteiger charge is 2.30. The summed E-state index contributed by atoms with van der Waals surface area (Å²) in [7, 11) is 0. The monoisotopic (exact) mass is 390 g/mol. The van der Waals surface area contributed by atoms with Crippen LogP contribution in [0.15, 0.2) is 9.52 Å². The highest BCUT2D eigenvalue weighted by atomic mass is 16.5. The van der Waals surface area contributed by atoms with Crippen LogP contribution < -0.4 is 5.32 Å². The lowest BCUT2D eigenvalue weighted by molar-refractivity contribution is -0.135. The number of amides is 1. The molecule has 1 N–H and O–H groups in total. The van der Waals surface area contributed by atoms with Gasteiger partial charge in [-0.05, 0) is 40.5 Å². The summed E-state index contributed by atoms with van der Waals surface area (Å²) < 4.78 is 5.24. The Bertz CT molecular complexity index is 667. The first-order valence-corrected chi connectivity index (χ1v) is 10.5. The van der Waals surface area contributed by atoms with E-state index >= 15 is 0 Å². The number of rotatable bonds is 5. The first-order chi connectivity index (χ1) is 13.5. The summed E-state index contributed by atoms with van der Waals surface area (Å²) in [5.74, 6) is 2.03. The van der Waals surface area contributed by atoms with E-state index in [-0.39, 0.29) is 11.9 Å². The van der Waals surface area contributed by atoms with E-state index in [0.717, 1.165) is 81.6 Å². The molecule has 1 aromatic heterocycles. The van der Waals surface area contributed by atoms with Crippen LogP contribution in [0.3, 0.4) is 0 Å². The van der Waals surface area contributed by atoms with E-state index in [4.69, 9.17) is 9.52 Å². The molecule has 0 aliphatic carbocycles. The van der Waals surface area contributed by atoms with Crippen molar-refractivity contribution in [2.45, 2.75) is 53.1 Å². The number of aromatic nitrogens is 1. The van der Waals surface area contributed by atoms with Gasteiger partial charge in [0.1, 0.15) is 5.76 Å². The van der Waals surface area contributed by atoms with Gasteiger partial charge in [-0.3, -0.25) is 9.69 Å². The summed E-state index contributed by atoms with van der Waals surface area (Å²) in [4.78, 5) is 24.1. The van der Waals surface area contributed by atoms with Crippen LogP contribution in [0.25, 0.3) is 0 Å². The Morgan fingerprint density at radius 3 is 2.39 bits per heavy atom. The van der Waals surface area contributed by atoms with E-state index in [1.807, 2.05) is 25.7 Å². The minimum Gasteiger partial charge on any atom is -0.361 e. The molecule has 1 amide bonds. The number of hydrogen-bond donors (Lipinski definition) is 1. The lowest BCUT2D eigenvalue weighted by Gasteiger charge is -2.39. The van der Waals surface area contributed by atoms with Crippen LogP contribution in [0, 0.1) is 13.8 Å². The molecule has 0 bridgehead atoms. The molecule has 2 saturated heterocycles. The molecule has 3 rings (SSSR count). The van der Waals surface area contributed by atoms with E-state index in [1.165, 1.54) is 0 Å². The first-order valence-electron chi connectivity index (χ1n) is 10.5. The zero-order chi connectivity index (χ0) is 20.1. The SMILES string of the molecule is CCNC(=NCc1c(C)noc1C)N1CCN(C(C)C(=O)N2CCCC2)CC1. The molecule has 0 spiro atoms. The summed E-state index contributed by atoms with van der Waals surface area (Å²) in [5, 5.41) is 7.41. The number of hydrogen-bond acceptors (Lipinski definition) is 5. The lowest BCUT2D eigenvalue weighted by Crippen LogP contribution is -2.57. The molecular formula is C20H34N6O2. The summed E-state index contributed by atoms with van der Waals surface area (Å²) >= 11 is 0. The molecule has 1 atom stereocenters. The first kappa shape index (κ1) is 20.6. The number of nitrogens with zero attached hydrogens (tertiary/aromatic N) is 5. The van der Waals surface area contributed by atoms with Crippen LogP contribution in [0.4, 0.5) is 0 Å². The molecule has 2 aliphatic rings. The molecule has 1 aromatic rings. The van der Waals surface area contributed by atoms with Gasteiger partial charge in [-0.25, -0.2) is 4.99 Å². The van der Waals surface area contributed by atoms with Crippen molar-refractivity contribution < 1.29 is 9.32 Å². The Hall–Kier alpha value is -2.09. The molecule has 8 heteroatoms. The van der Waals surface area contributed by atoms with Crippen molar-refractivity contribution in [3.05, 3.63) is 17.0 Å².